The van der Waals surface area contributed by atoms with Gasteiger partial charge in [0.15, 0.2) is 5.96 Å². The van der Waals surface area contributed by atoms with E-state index in [1.54, 1.807) is 18.4 Å². The van der Waals surface area contributed by atoms with Gasteiger partial charge in [-0.25, -0.2) is 4.98 Å². The second kappa shape index (κ2) is 10.5. The largest absolute Gasteiger partial charge is 0.376 e. The van der Waals surface area contributed by atoms with Gasteiger partial charge in [-0.05, 0) is 25.0 Å². The van der Waals surface area contributed by atoms with E-state index in [0.29, 0.717) is 6.10 Å². The van der Waals surface area contributed by atoms with Crippen LogP contribution in [-0.4, -0.2) is 55.2 Å². The van der Waals surface area contributed by atoms with Crippen LogP contribution in [0.5, 0.6) is 0 Å². The van der Waals surface area contributed by atoms with Gasteiger partial charge in [0.05, 0.1) is 23.4 Å². The van der Waals surface area contributed by atoms with Gasteiger partial charge in [0, 0.05) is 51.6 Å². The lowest BCUT2D eigenvalue weighted by Gasteiger charge is -2.31. The van der Waals surface area contributed by atoms with E-state index < -0.39 is 0 Å². The zero-order valence-corrected chi connectivity index (χ0v) is 17.9. The van der Waals surface area contributed by atoms with Crippen LogP contribution in [0, 0.1) is 6.92 Å². The number of aryl methyl sites for hydroxylation is 1. The maximum atomic E-state index is 5.63. The Morgan fingerprint density at radius 1 is 1.36 bits per heavy atom. The van der Waals surface area contributed by atoms with Gasteiger partial charge in [0.2, 0.25) is 0 Å². The summed E-state index contributed by atoms with van der Waals surface area (Å²) in [5, 5.41) is 10.0. The third-order valence-corrected chi connectivity index (χ3v) is 5.57. The van der Waals surface area contributed by atoms with Crippen molar-refractivity contribution < 1.29 is 4.74 Å². The quantitative estimate of drug-likeness (QED) is 0.552. The first kappa shape index (κ1) is 20.8. The van der Waals surface area contributed by atoms with Crippen LogP contribution in [0.2, 0.25) is 0 Å². The predicted octanol–water partition coefficient (Wildman–Crippen LogP) is 2.58. The Balaban J connectivity index is 1.44. The summed E-state index contributed by atoms with van der Waals surface area (Å²) < 4.78 is 5.63. The van der Waals surface area contributed by atoms with Crippen LogP contribution >= 0.6 is 11.3 Å². The van der Waals surface area contributed by atoms with E-state index in [1.165, 1.54) is 11.1 Å². The minimum atomic E-state index is 0.321. The fourth-order valence-electron chi connectivity index (χ4n) is 3.37. The number of benzene rings is 1. The number of hydrogen-bond donors (Lipinski definition) is 2. The number of hydrogen-bond acceptors (Lipinski definition) is 5. The molecule has 1 atom stereocenters. The van der Waals surface area contributed by atoms with E-state index in [-0.39, 0.29) is 0 Å². The Labute approximate surface area is 172 Å². The SMILES string of the molecule is CN=C(NCCc1csc(C)n1)NCc1cccc(CN2CCOC(C)C2)c1. The Morgan fingerprint density at radius 3 is 2.96 bits per heavy atom. The molecule has 152 valence electrons. The predicted molar refractivity (Wildman–Crippen MR) is 116 cm³/mol. The van der Waals surface area contributed by atoms with Gasteiger partial charge in [-0.3, -0.25) is 9.89 Å². The zero-order valence-electron chi connectivity index (χ0n) is 17.1. The van der Waals surface area contributed by atoms with Crippen molar-refractivity contribution in [1.82, 2.24) is 20.5 Å². The van der Waals surface area contributed by atoms with Crippen LogP contribution in [0.4, 0.5) is 0 Å². The third-order valence-electron chi connectivity index (χ3n) is 4.75. The second-order valence-corrected chi connectivity index (χ2v) is 8.26. The van der Waals surface area contributed by atoms with E-state index in [1.807, 2.05) is 6.92 Å². The van der Waals surface area contributed by atoms with Gasteiger partial charge < -0.3 is 15.4 Å². The molecule has 2 heterocycles. The molecule has 2 N–H and O–H groups in total. The first-order chi connectivity index (χ1) is 13.6. The number of aromatic nitrogens is 1. The van der Waals surface area contributed by atoms with Crippen molar-refractivity contribution in [2.24, 2.45) is 4.99 Å². The number of aliphatic imine (C=N–C) groups is 1. The fourth-order valence-corrected chi connectivity index (χ4v) is 4.02. The Kier molecular flexibility index (Phi) is 7.82. The summed E-state index contributed by atoms with van der Waals surface area (Å²) in [6.45, 7) is 9.55. The molecule has 1 fully saturated rings. The van der Waals surface area contributed by atoms with Crippen LogP contribution in [0.15, 0.2) is 34.6 Å². The zero-order chi connectivity index (χ0) is 19.8. The highest BCUT2D eigenvalue weighted by molar-refractivity contribution is 7.09. The number of morpholine rings is 1. The molecular formula is C21H31N5OS. The standard InChI is InChI=1S/C21H31N5OS/c1-16-13-26(9-10-27-16)14-19-6-4-5-18(11-19)12-24-21(22-3)23-8-7-20-15-28-17(2)25-20/h4-6,11,15-16H,7-10,12-14H2,1-3H3,(H2,22,23,24). The van der Waals surface area contributed by atoms with E-state index in [4.69, 9.17) is 4.74 Å². The molecule has 1 saturated heterocycles. The van der Waals surface area contributed by atoms with Gasteiger partial charge in [-0.15, -0.1) is 11.3 Å². The number of rotatable bonds is 7. The highest BCUT2D eigenvalue weighted by Crippen LogP contribution is 2.12. The van der Waals surface area contributed by atoms with Crippen molar-refractivity contribution in [2.45, 2.75) is 39.5 Å². The molecule has 7 heteroatoms. The van der Waals surface area contributed by atoms with E-state index in [9.17, 15) is 0 Å². The minimum absolute atomic E-state index is 0.321. The molecule has 1 unspecified atom stereocenters. The van der Waals surface area contributed by atoms with Crippen LogP contribution in [0.3, 0.4) is 0 Å². The lowest BCUT2D eigenvalue weighted by atomic mass is 10.1. The fraction of sp³-hybridized carbons (Fsp3) is 0.524. The lowest BCUT2D eigenvalue weighted by molar-refractivity contribution is -0.0212. The summed E-state index contributed by atoms with van der Waals surface area (Å²) in [4.78, 5) is 11.3. The van der Waals surface area contributed by atoms with Crippen molar-refractivity contribution in [3.05, 3.63) is 51.5 Å². The van der Waals surface area contributed by atoms with Crippen LogP contribution in [0.25, 0.3) is 0 Å². The van der Waals surface area contributed by atoms with E-state index in [2.05, 4.69) is 62.1 Å². The van der Waals surface area contributed by atoms with Crippen molar-refractivity contribution in [1.29, 1.82) is 0 Å². The van der Waals surface area contributed by atoms with Crippen LogP contribution in [-0.2, 0) is 24.2 Å². The van der Waals surface area contributed by atoms with Crippen molar-refractivity contribution >= 4 is 17.3 Å². The Hall–Kier alpha value is -1.96. The number of nitrogens with one attached hydrogen (secondary N) is 2. The molecule has 0 radical (unpaired) electrons. The number of thiazole rings is 1. The lowest BCUT2D eigenvalue weighted by Crippen LogP contribution is -2.40. The smallest absolute Gasteiger partial charge is 0.191 e. The van der Waals surface area contributed by atoms with Gasteiger partial charge in [-0.1, -0.05) is 24.3 Å². The second-order valence-electron chi connectivity index (χ2n) is 7.20. The average molecular weight is 402 g/mol. The molecular weight excluding hydrogens is 370 g/mol. The number of nitrogens with zero attached hydrogens (tertiary/aromatic N) is 3. The number of ether oxygens (including phenoxy) is 1. The normalized spacial score (nSPS) is 18.2. The molecule has 28 heavy (non-hydrogen) atoms. The van der Waals surface area contributed by atoms with E-state index in [0.717, 1.165) is 62.4 Å². The summed E-state index contributed by atoms with van der Waals surface area (Å²) in [5.41, 5.74) is 3.74. The van der Waals surface area contributed by atoms with Crippen molar-refractivity contribution in [3.63, 3.8) is 0 Å². The average Bonchev–Trinajstić information content (AvgIpc) is 3.10. The van der Waals surface area contributed by atoms with Gasteiger partial charge in [0.25, 0.3) is 0 Å². The topological polar surface area (TPSA) is 61.8 Å². The molecule has 1 aliphatic heterocycles. The molecule has 6 nitrogen and oxygen atoms in total. The summed E-state index contributed by atoms with van der Waals surface area (Å²) in [6.07, 6.45) is 1.22. The van der Waals surface area contributed by atoms with Crippen LogP contribution in [0.1, 0.15) is 28.8 Å². The monoisotopic (exact) mass is 401 g/mol. The molecule has 0 amide bonds. The molecule has 0 bridgehead atoms. The van der Waals surface area contributed by atoms with Gasteiger partial charge in [-0.2, -0.15) is 0 Å². The highest BCUT2D eigenvalue weighted by Gasteiger charge is 2.16. The minimum Gasteiger partial charge on any atom is -0.376 e. The van der Waals surface area contributed by atoms with E-state index >= 15 is 0 Å². The molecule has 3 rings (SSSR count). The maximum absolute atomic E-state index is 5.63. The number of guanidine groups is 1. The summed E-state index contributed by atoms with van der Waals surface area (Å²) in [7, 11) is 1.80. The Bertz CT molecular complexity index is 776. The summed E-state index contributed by atoms with van der Waals surface area (Å²) in [5.74, 6) is 0.819. The molecule has 1 aliphatic rings. The van der Waals surface area contributed by atoms with Crippen molar-refractivity contribution in [2.75, 3.05) is 33.3 Å². The summed E-state index contributed by atoms with van der Waals surface area (Å²) in [6, 6.07) is 8.77. The molecule has 0 spiro atoms. The highest BCUT2D eigenvalue weighted by atomic mass is 32.1. The van der Waals surface area contributed by atoms with Gasteiger partial charge in [0.1, 0.15) is 0 Å². The van der Waals surface area contributed by atoms with Gasteiger partial charge >= 0.3 is 0 Å². The molecule has 0 saturated carbocycles. The molecule has 2 aromatic rings. The molecule has 1 aromatic heterocycles. The Morgan fingerprint density at radius 2 is 2.21 bits per heavy atom. The molecule has 1 aromatic carbocycles. The van der Waals surface area contributed by atoms with Crippen LogP contribution < -0.4 is 10.6 Å². The first-order valence-corrected chi connectivity index (χ1v) is 10.8. The van der Waals surface area contributed by atoms with Crippen molar-refractivity contribution in [3.8, 4) is 0 Å². The first-order valence-electron chi connectivity index (χ1n) is 9.89. The third kappa shape index (κ3) is 6.58. The molecule has 0 aliphatic carbocycles. The maximum Gasteiger partial charge on any atom is 0.191 e. The summed E-state index contributed by atoms with van der Waals surface area (Å²) >= 11 is 1.70.